The fourth-order valence-corrected chi connectivity index (χ4v) is 3.88. The van der Waals surface area contributed by atoms with E-state index in [0.717, 1.165) is 55.0 Å². The minimum Gasteiger partial charge on any atom is -0.290 e. The Hall–Kier alpha value is -2.73. The molecular weight excluding hydrogens is 375 g/mol. The monoisotopic (exact) mass is 397 g/mol. The minimum atomic E-state index is -4.31. The van der Waals surface area contributed by atoms with Crippen LogP contribution in [0.5, 0.6) is 0 Å². The molecule has 0 N–H and O–H groups in total. The van der Waals surface area contributed by atoms with Gasteiger partial charge in [0, 0.05) is 31.1 Å². The second-order valence-corrected chi connectivity index (χ2v) is 7.42. The maximum atomic E-state index is 12.7. The van der Waals surface area contributed by atoms with Crippen LogP contribution in [0, 0.1) is 0 Å². The molecule has 2 aromatic heterocycles. The van der Waals surface area contributed by atoms with Crippen molar-refractivity contribution in [2.24, 2.45) is 0 Å². The topological polar surface area (TPSA) is 29.0 Å². The van der Waals surface area contributed by atoms with E-state index in [4.69, 9.17) is 4.98 Å². The summed E-state index contributed by atoms with van der Waals surface area (Å²) in [6.45, 7) is 1.85. The maximum Gasteiger partial charge on any atom is 0.416 e. The van der Waals surface area contributed by atoms with Crippen molar-refractivity contribution >= 4 is 0 Å². The fourth-order valence-electron chi connectivity index (χ4n) is 3.88. The van der Waals surface area contributed by atoms with E-state index in [-0.39, 0.29) is 6.04 Å². The molecule has 0 bridgehead atoms. The second-order valence-electron chi connectivity index (χ2n) is 7.42. The summed E-state index contributed by atoms with van der Waals surface area (Å²) < 4.78 is 38.2. The number of nitrogens with zero attached hydrogens (tertiary/aromatic N) is 3. The number of hydrogen-bond acceptors (Lipinski definition) is 3. The molecule has 0 aliphatic carbocycles. The predicted octanol–water partition coefficient (Wildman–Crippen LogP) is 5.42. The van der Waals surface area contributed by atoms with Crippen LogP contribution in [0.3, 0.4) is 0 Å². The molecule has 6 heteroatoms. The molecule has 1 unspecified atom stereocenters. The summed E-state index contributed by atoms with van der Waals surface area (Å²) in [5.41, 5.74) is 3.27. The first-order valence-corrected chi connectivity index (χ1v) is 9.74. The lowest BCUT2D eigenvalue weighted by Gasteiger charge is -2.24. The van der Waals surface area contributed by atoms with Crippen molar-refractivity contribution in [1.29, 1.82) is 0 Å². The first-order chi connectivity index (χ1) is 14.0. The number of pyridine rings is 2. The number of benzene rings is 1. The molecule has 1 aliphatic rings. The van der Waals surface area contributed by atoms with Crippen molar-refractivity contribution in [2.45, 2.75) is 38.0 Å². The molecule has 3 aromatic rings. The molecule has 4 rings (SSSR count). The minimum absolute atomic E-state index is 0.253. The lowest BCUT2D eigenvalue weighted by Crippen LogP contribution is -2.23. The summed E-state index contributed by atoms with van der Waals surface area (Å²) in [5.74, 6) is 0. The highest BCUT2D eigenvalue weighted by Gasteiger charge is 2.30. The van der Waals surface area contributed by atoms with Crippen molar-refractivity contribution in [3.63, 3.8) is 0 Å². The van der Waals surface area contributed by atoms with Crippen LogP contribution < -0.4 is 0 Å². The Bertz CT molecular complexity index is 940. The van der Waals surface area contributed by atoms with Gasteiger partial charge in [-0.1, -0.05) is 24.3 Å². The van der Waals surface area contributed by atoms with Crippen molar-refractivity contribution in [3.05, 3.63) is 95.1 Å². The summed E-state index contributed by atoms with van der Waals surface area (Å²) in [5, 5.41) is 0. The van der Waals surface area contributed by atoms with Gasteiger partial charge >= 0.3 is 6.18 Å². The highest BCUT2D eigenvalue weighted by molar-refractivity contribution is 5.28. The Morgan fingerprint density at radius 3 is 2.52 bits per heavy atom. The lowest BCUT2D eigenvalue weighted by atomic mass is 10.0. The zero-order valence-corrected chi connectivity index (χ0v) is 15.9. The fraction of sp³-hybridized carbons (Fsp3) is 0.304. The van der Waals surface area contributed by atoms with Crippen LogP contribution in [0.15, 0.2) is 67.0 Å². The van der Waals surface area contributed by atoms with Gasteiger partial charge in [-0.05, 0) is 60.8 Å². The molecule has 0 radical (unpaired) electrons. The zero-order chi connectivity index (χ0) is 20.3. The van der Waals surface area contributed by atoms with Crippen molar-refractivity contribution in [2.75, 3.05) is 6.54 Å². The average molecular weight is 397 g/mol. The van der Waals surface area contributed by atoms with Gasteiger partial charge in [-0.3, -0.25) is 14.9 Å². The van der Waals surface area contributed by atoms with Crippen LogP contribution in [0.1, 0.15) is 47.0 Å². The van der Waals surface area contributed by atoms with E-state index >= 15 is 0 Å². The van der Waals surface area contributed by atoms with E-state index < -0.39 is 11.7 Å². The first kappa shape index (κ1) is 19.6. The van der Waals surface area contributed by atoms with Gasteiger partial charge in [0.15, 0.2) is 0 Å². The number of likely N-dealkylation sites (tertiary alicyclic amines) is 1. The highest BCUT2D eigenvalue weighted by atomic mass is 19.4. The summed E-state index contributed by atoms with van der Waals surface area (Å²) in [6.07, 6.45) is 2.05. The van der Waals surface area contributed by atoms with E-state index in [1.165, 1.54) is 17.7 Å². The summed E-state index contributed by atoms with van der Waals surface area (Å²) in [6, 6.07) is 15.6. The molecule has 0 saturated carbocycles. The Morgan fingerprint density at radius 1 is 0.966 bits per heavy atom. The summed E-state index contributed by atoms with van der Waals surface area (Å²) in [4.78, 5) is 11.4. The smallest absolute Gasteiger partial charge is 0.290 e. The van der Waals surface area contributed by atoms with Crippen LogP contribution in [0.2, 0.25) is 0 Å². The molecule has 150 valence electrons. The molecule has 1 aliphatic heterocycles. The number of alkyl halides is 3. The Morgan fingerprint density at radius 2 is 1.79 bits per heavy atom. The quantitative estimate of drug-likeness (QED) is 0.575. The van der Waals surface area contributed by atoms with Gasteiger partial charge in [-0.15, -0.1) is 0 Å². The normalized spacial score (nSPS) is 17.6. The van der Waals surface area contributed by atoms with Gasteiger partial charge in [0.05, 0.1) is 17.3 Å². The van der Waals surface area contributed by atoms with Crippen LogP contribution in [0.25, 0.3) is 0 Å². The molecule has 29 heavy (non-hydrogen) atoms. The average Bonchev–Trinajstić information content (AvgIpc) is 3.17. The van der Waals surface area contributed by atoms with Gasteiger partial charge in [0.2, 0.25) is 0 Å². The van der Waals surface area contributed by atoms with E-state index in [9.17, 15) is 13.2 Å². The maximum absolute atomic E-state index is 12.7. The Balaban J connectivity index is 1.48. The van der Waals surface area contributed by atoms with Crippen LogP contribution in [-0.2, 0) is 19.1 Å². The predicted molar refractivity (Wildman–Crippen MR) is 105 cm³/mol. The molecule has 0 spiro atoms. The SMILES string of the molecule is FC(F)(F)c1ccc(Cc2cccc(C3CCCN3Cc3cccnc3)n2)cc1. The number of rotatable bonds is 5. The van der Waals surface area contributed by atoms with Gasteiger partial charge < -0.3 is 0 Å². The van der Waals surface area contributed by atoms with Gasteiger partial charge in [0.25, 0.3) is 0 Å². The number of halogens is 3. The first-order valence-electron chi connectivity index (χ1n) is 9.74. The third kappa shape index (κ3) is 4.82. The number of hydrogen-bond donors (Lipinski definition) is 0. The number of aromatic nitrogens is 2. The largest absolute Gasteiger partial charge is 0.416 e. The molecule has 1 saturated heterocycles. The van der Waals surface area contributed by atoms with Gasteiger partial charge in [-0.25, -0.2) is 0 Å². The lowest BCUT2D eigenvalue weighted by molar-refractivity contribution is -0.137. The molecular formula is C23H22F3N3. The molecule has 1 atom stereocenters. The van der Waals surface area contributed by atoms with Crippen molar-refractivity contribution in [3.8, 4) is 0 Å². The van der Waals surface area contributed by atoms with Crippen molar-refractivity contribution < 1.29 is 13.2 Å². The molecule has 0 amide bonds. The van der Waals surface area contributed by atoms with Gasteiger partial charge in [-0.2, -0.15) is 13.2 Å². The summed E-state index contributed by atoms with van der Waals surface area (Å²) in [7, 11) is 0. The second kappa shape index (κ2) is 8.33. The molecule has 3 nitrogen and oxygen atoms in total. The standard InChI is InChI=1S/C23H22F3N3/c24-23(25,26)19-10-8-17(9-11-19)14-20-5-1-6-21(28-20)22-7-3-13-29(22)16-18-4-2-12-27-15-18/h1-2,4-6,8-12,15,22H,3,7,13-14,16H2. The van der Waals surface area contributed by atoms with Crippen LogP contribution in [0.4, 0.5) is 13.2 Å². The van der Waals surface area contributed by atoms with E-state index in [1.54, 1.807) is 6.20 Å². The Labute approximate surface area is 168 Å². The zero-order valence-electron chi connectivity index (χ0n) is 15.9. The third-order valence-electron chi connectivity index (χ3n) is 5.31. The summed E-state index contributed by atoms with van der Waals surface area (Å²) >= 11 is 0. The van der Waals surface area contributed by atoms with Crippen LogP contribution >= 0.6 is 0 Å². The molecule has 1 fully saturated rings. The van der Waals surface area contributed by atoms with E-state index in [0.29, 0.717) is 6.42 Å². The van der Waals surface area contributed by atoms with Crippen LogP contribution in [-0.4, -0.2) is 21.4 Å². The molecule has 3 heterocycles. The third-order valence-corrected chi connectivity index (χ3v) is 5.31. The van der Waals surface area contributed by atoms with Gasteiger partial charge in [0.1, 0.15) is 0 Å². The van der Waals surface area contributed by atoms with Crippen molar-refractivity contribution in [1.82, 2.24) is 14.9 Å². The Kier molecular flexibility index (Phi) is 5.62. The molecule has 1 aromatic carbocycles. The van der Waals surface area contributed by atoms with E-state index in [1.807, 2.05) is 30.5 Å². The van der Waals surface area contributed by atoms with E-state index in [2.05, 4.69) is 16.0 Å². The highest BCUT2D eigenvalue weighted by Crippen LogP contribution is 2.32.